The predicted octanol–water partition coefficient (Wildman–Crippen LogP) is -0.906. The van der Waals surface area contributed by atoms with Crippen LogP contribution in [-0.2, 0) is 6.54 Å². The number of aromatic nitrogens is 1. The molecule has 0 fully saturated rings. The molecule has 0 saturated heterocycles. The summed E-state index contributed by atoms with van der Waals surface area (Å²) in [5, 5.41) is 2.59. The van der Waals surface area contributed by atoms with Gasteiger partial charge < -0.3 is 62.2 Å². The van der Waals surface area contributed by atoms with Gasteiger partial charge in [-0.2, -0.15) is 4.57 Å². The molecule has 0 spiro atoms. The number of para-hydroxylation sites is 2. The number of rotatable bonds is 9. The van der Waals surface area contributed by atoms with Crippen molar-refractivity contribution >= 4 is 34.4 Å². The lowest BCUT2D eigenvalue weighted by Crippen LogP contribution is -3.00. The van der Waals surface area contributed by atoms with Crippen molar-refractivity contribution < 1.29 is 57.0 Å². The van der Waals surface area contributed by atoms with E-state index in [0.29, 0.717) is 0 Å². The van der Waals surface area contributed by atoms with Crippen LogP contribution in [0.25, 0.3) is 17.0 Å². The fraction of sp³-hybridized carbons (Fsp3) is 0.393. The molecule has 0 radical (unpaired) electrons. The maximum atomic E-state index is 2.43. The maximum absolute atomic E-state index is 2.43. The predicted molar refractivity (Wildman–Crippen MR) is 142 cm³/mol. The van der Waals surface area contributed by atoms with Gasteiger partial charge in [0.15, 0.2) is 12.7 Å². The Balaban J connectivity index is 0.00000216. The molecule has 0 atom stereocenters. The highest BCUT2D eigenvalue weighted by molar-refractivity contribution is 8.03. The molecular weight excluding hydrogens is 678 g/mol. The zero-order valence-electron chi connectivity index (χ0n) is 21.5. The van der Waals surface area contributed by atoms with Crippen LogP contribution in [0.4, 0.5) is 5.69 Å². The zero-order chi connectivity index (χ0) is 23.4. The number of aryl methyl sites for hydroxylation is 1. The van der Waals surface area contributed by atoms with E-state index in [1.165, 1.54) is 58.0 Å². The van der Waals surface area contributed by atoms with E-state index in [9.17, 15) is 0 Å². The van der Waals surface area contributed by atoms with Crippen LogP contribution in [0.5, 0.6) is 0 Å². The Labute approximate surface area is 250 Å². The summed E-state index contributed by atoms with van der Waals surface area (Å²) in [6, 6.07) is 19.7. The maximum Gasteiger partial charge on any atom is 0.213 e. The van der Waals surface area contributed by atoms with Crippen LogP contribution in [0.15, 0.2) is 70.7 Å². The third-order valence-corrected chi connectivity index (χ3v) is 7.71. The molecule has 2 heterocycles. The molecule has 1 aliphatic rings. The number of pyridine rings is 1. The van der Waals surface area contributed by atoms with Crippen LogP contribution in [0, 0.1) is 0 Å². The molecule has 1 aliphatic heterocycles. The fourth-order valence-corrected chi connectivity index (χ4v) is 5.71. The van der Waals surface area contributed by atoms with Gasteiger partial charge in [0, 0.05) is 37.0 Å². The van der Waals surface area contributed by atoms with E-state index in [1.54, 1.807) is 0 Å². The number of nitrogens with zero attached hydrogens (tertiary/aromatic N) is 4. The first-order chi connectivity index (χ1) is 15.8. The molecule has 0 bridgehead atoms. The molecule has 4 nitrogen and oxygen atoms in total. The largest absolute Gasteiger partial charge is 1.00 e. The van der Waals surface area contributed by atoms with Crippen molar-refractivity contribution in [2.45, 2.75) is 24.3 Å². The van der Waals surface area contributed by atoms with Crippen LogP contribution < -0.4 is 57.4 Å². The second-order valence-electron chi connectivity index (χ2n) is 9.99. The van der Waals surface area contributed by atoms with Crippen molar-refractivity contribution in [1.82, 2.24) is 4.90 Å². The van der Waals surface area contributed by atoms with Crippen molar-refractivity contribution in [1.29, 1.82) is 0 Å². The van der Waals surface area contributed by atoms with Gasteiger partial charge in [-0.1, -0.05) is 36.0 Å². The molecule has 2 aromatic carbocycles. The quantitative estimate of drug-likeness (QED) is 0.162. The van der Waals surface area contributed by atoms with Crippen molar-refractivity contribution in [2.75, 3.05) is 59.8 Å². The molecule has 0 aliphatic carbocycles. The third-order valence-electron chi connectivity index (χ3n) is 6.54. The van der Waals surface area contributed by atoms with E-state index in [2.05, 4.69) is 116 Å². The van der Waals surface area contributed by atoms with Crippen molar-refractivity contribution in [3.8, 4) is 0 Å². The Morgan fingerprint density at radius 3 is 2.37 bits per heavy atom. The van der Waals surface area contributed by atoms with Gasteiger partial charge in [-0.15, -0.1) is 0 Å². The molecule has 0 unspecified atom stereocenters. The highest BCUT2D eigenvalue weighted by Crippen LogP contribution is 2.45. The summed E-state index contributed by atoms with van der Waals surface area (Å²) in [5.74, 6) is 0. The van der Waals surface area contributed by atoms with E-state index in [4.69, 9.17) is 0 Å². The number of halogens is 2. The first kappa shape index (κ1) is 30.3. The second kappa shape index (κ2) is 13.6. The number of hydrogen-bond donors (Lipinski definition) is 0. The van der Waals surface area contributed by atoms with E-state index in [-0.39, 0.29) is 48.0 Å². The van der Waals surface area contributed by atoms with Crippen LogP contribution >= 0.6 is 11.8 Å². The minimum Gasteiger partial charge on any atom is -1.00 e. The summed E-state index contributed by atoms with van der Waals surface area (Å²) in [6.07, 6.45) is 7.03. The van der Waals surface area contributed by atoms with Gasteiger partial charge in [-0.25, -0.2) is 0 Å². The second-order valence-corrected chi connectivity index (χ2v) is 11.0. The average Bonchev–Trinajstić information content (AvgIpc) is 3.10. The lowest BCUT2D eigenvalue weighted by atomic mass is 10.1. The summed E-state index contributed by atoms with van der Waals surface area (Å²) in [4.78, 5) is 5.90. The SMILES string of the molecule is CN(C)CCC[N+](C)(C)CCC[n+]1ccc(C=C2Sc3ccccc3N2C)c2ccccc21.[I-].[I-]. The normalized spacial score (nSPS) is 14.2. The Hall–Kier alpha value is -0.880. The number of quaternary nitrogens is 1. The van der Waals surface area contributed by atoms with Crippen molar-refractivity contribution in [3.63, 3.8) is 0 Å². The number of thioether (sulfide) groups is 1. The lowest BCUT2D eigenvalue weighted by molar-refractivity contribution is -0.892. The van der Waals surface area contributed by atoms with Crippen LogP contribution in [0.1, 0.15) is 18.4 Å². The van der Waals surface area contributed by atoms with E-state index in [0.717, 1.165) is 17.6 Å². The number of benzene rings is 2. The minimum atomic E-state index is 0. The fourth-order valence-electron chi connectivity index (χ4n) is 4.60. The minimum absolute atomic E-state index is 0. The van der Waals surface area contributed by atoms with Gasteiger partial charge in [0.2, 0.25) is 5.52 Å². The Morgan fingerprint density at radius 1 is 0.943 bits per heavy atom. The summed E-state index contributed by atoms with van der Waals surface area (Å²) < 4.78 is 3.51. The van der Waals surface area contributed by atoms with E-state index in [1.807, 2.05) is 11.8 Å². The lowest BCUT2D eigenvalue weighted by Gasteiger charge is -2.30. The smallest absolute Gasteiger partial charge is 0.213 e. The highest BCUT2D eigenvalue weighted by Gasteiger charge is 2.22. The summed E-state index contributed by atoms with van der Waals surface area (Å²) in [7, 11) is 11.2. The van der Waals surface area contributed by atoms with E-state index >= 15 is 0 Å². The highest BCUT2D eigenvalue weighted by atomic mass is 127. The molecule has 7 heteroatoms. The molecule has 3 aromatic rings. The average molecular weight is 717 g/mol. The molecule has 4 rings (SSSR count). The molecule has 190 valence electrons. The Kier molecular flexibility index (Phi) is 11.8. The van der Waals surface area contributed by atoms with Crippen molar-refractivity contribution in [3.05, 3.63) is 71.4 Å². The molecule has 1 aromatic heterocycles. The van der Waals surface area contributed by atoms with Gasteiger partial charge in [0.1, 0.15) is 0 Å². The van der Waals surface area contributed by atoms with Gasteiger partial charge in [0.25, 0.3) is 0 Å². The number of hydrogen-bond acceptors (Lipinski definition) is 3. The molecule has 0 N–H and O–H groups in total. The first-order valence-electron chi connectivity index (χ1n) is 11.9. The molecular formula is C28H38I2N4S. The van der Waals surface area contributed by atoms with E-state index < -0.39 is 0 Å². The standard InChI is InChI=1S/C28H38N4S.2HI/c1-29(2)17-10-20-32(4,5)21-11-18-31-19-16-23(24-12-6-7-13-25(24)31)22-28-30(3)26-14-8-9-15-27(26)33-28;;/h6-9,12-16,19,22H,10-11,17-18,20-21H2,1-5H3;2*1H/q+2;;/p-2. The van der Waals surface area contributed by atoms with Crippen LogP contribution in [0.3, 0.4) is 0 Å². The molecule has 0 saturated carbocycles. The molecule has 35 heavy (non-hydrogen) atoms. The number of anilines is 1. The monoisotopic (exact) mass is 716 g/mol. The summed E-state index contributed by atoms with van der Waals surface area (Å²) in [5.41, 5.74) is 3.88. The van der Waals surface area contributed by atoms with Crippen LogP contribution in [0.2, 0.25) is 0 Å². The number of fused-ring (bicyclic) bond motifs is 2. The Morgan fingerprint density at radius 2 is 1.63 bits per heavy atom. The topological polar surface area (TPSA) is 10.4 Å². The zero-order valence-corrected chi connectivity index (χ0v) is 26.7. The van der Waals surface area contributed by atoms with Gasteiger partial charge in [0.05, 0.1) is 49.7 Å². The van der Waals surface area contributed by atoms with Crippen LogP contribution in [-0.4, -0.2) is 64.3 Å². The molecule has 0 amide bonds. The van der Waals surface area contributed by atoms with Gasteiger partial charge >= 0.3 is 0 Å². The summed E-state index contributed by atoms with van der Waals surface area (Å²) >= 11 is 1.85. The van der Waals surface area contributed by atoms with Crippen molar-refractivity contribution in [2.24, 2.45) is 0 Å². The third kappa shape index (κ3) is 7.80. The first-order valence-corrected chi connectivity index (χ1v) is 12.8. The summed E-state index contributed by atoms with van der Waals surface area (Å²) in [6.45, 7) is 4.63. The van der Waals surface area contributed by atoms with Gasteiger partial charge in [-0.3, -0.25) is 0 Å². The van der Waals surface area contributed by atoms with Gasteiger partial charge in [-0.05, 0) is 43.9 Å². The Bertz CT molecular complexity index is 1150.